The maximum absolute atomic E-state index is 14.2. The maximum atomic E-state index is 14.2. The number of hydrogen-bond acceptors (Lipinski definition) is 12. The van der Waals surface area contributed by atoms with Crippen LogP contribution in [0.5, 0.6) is 0 Å². The lowest BCUT2D eigenvalue weighted by Gasteiger charge is -2.21. The Morgan fingerprint density at radius 1 is 0.673 bits per heavy atom. The molecule has 52 heavy (non-hydrogen) atoms. The molecule has 0 amide bonds. The lowest BCUT2D eigenvalue weighted by molar-refractivity contribution is -0.142. The number of esters is 4. The Bertz CT molecular complexity index is 2230. The van der Waals surface area contributed by atoms with E-state index < -0.39 is 46.3 Å². The second-order valence-corrected chi connectivity index (χ2v) is 13.1. The molecule has 272 valence electrons. The number of nitrogens with one attached hydrogen (secondary N) is 2. The van der Waals surface area contributed by atoms with Gasteiger partial charge in [-0.15, -0.1) is 0 Å². The first-order valence-electron chi connectivity index (χ1n) is 16.4. The number of carbonyl (C=O) groups excluding carboxylic acids is 6. The highest BCUT2D eigenvalue weighted by molar-refractivity contribution is 6.09. The predicted molar refractivity (Wildman–Crippen MR) is 188 cm³/mol. The van der Waals surface area contributed by atoms with Crippen LogP contribution in [0.15, 0.2) is 30.3 Å². The average Bonchev–Trinajstić information content (AvgIpc) is 3.73. The molecular formula is C38H40N4O10. The Labute approximate surface area is 298 Å². The summed E-state index contributed by atoms with van der Waals surface area (Å²) in [7, 11) is 5.01. The van der Waals surface area contributed by atoms with E-state index in [1.54, 1.807) is 32.1 Å². The first-order valence-corrected chi connectivity index (χ1v) is 16.4. The van der Waals surface area contributed by atoms with E-state index in [1.165, 1.54) is 40.6 Å². The summed E-state index contributed by atoms with van der Waals surface area (Å²) in [5.74, 6) is -3.29. The van der Waals surface area contributed by atoms with Crippen LogP contribution >= 0.6 is 0 Å². The zero-order valence-electron chi connectivity index (χ0n) is 30.3. The number of ketones is 2. The third kappa shape index (κ3) is 6.75. The van der Waals surface area contributed by atoms with Gasteiger partial charge in [0, 0.05) is 40.1 Å². The van der Waals surface area contributed by atoms with Gasteiger partial charge in [-0.3, -0.25) is 24.0 Å². The second kappa shape index (κ2) is 14.4. The van der Waals surface area contributed by atoms with Gasteiger partial charge in [-0.2, -0.15) is 0 Å². The van der Waals surface area contributed by atoms with E-state index in [0.29, 0.717) is 33.2 Å². The average molecular weight is 713 g/mol. The van der Waals surface area contributed by atoms with Gasteiger partial charge in [0.2, 0.25) is 0 Å². The number of methoxy groups -OCH3 is 4. The minimum atomic E-state index is -1.52. The van der Waals surface area contributed by atoms with Gasteiger partial charge in [0.05, 0.1) is 63.5 Å². The van der Waals surface area contributed by atoms with Crippen LogP contribution in [0.4, 0.5) is 0 Å². The zero-order chi connectivity index (χ0) is 38.1. The molecule has 0 saturated carbocycles. The predicted octanol–water partition coefficient (Wildman–Crippen LogP) is 4.63. The van der Waals surface area contributed by atoms with Crippen LogP contribution in [0.1, 0.15) is 87.7 Å². The van der Waals surface area contributed by atoms with Crippen molar-refractivity contribution in [1.29, 1.82) is 0 Å². The van der Waals surface area contributed by atoms with E-state index in [1.807, 2.05) is 19.9 Å². The van der Waals surface area contributed by atoms with Crippen LogP contribution in [0.3, 0.4) is 0 Å². The summed E-state index contributed by atoms with van der Waals surface area (Å²) in [6.07, 6.45) is 2.53. The topological polar surface area (TPSA) is 197 Å². The van der Waals surface area contributed by atoms with Crippen LogP contribution in [-0.4, -0.2) is 83.8 Å². The van der Waals surface area contributed by atoms with Crippen LogP contribution in [0.2, 0.25) is 0 Å². The van der Waals surface area contributed by atoms with Crippen LogP contribution < -0.4 is 0 Å². The molecule has 0 radical (unpaired) electrons. The lowest BCUT2D eigenvalue weighted by atomic mass is 9.78. The van der Waals surface area contributed by atoms with Gasteiger partial charge in [-0.25, -0.2) is 14.8 Å². The third-order valence-electron chi connectivity index (χ3n) is 9.87. The van der Waals surface area contributed by atoms with Crippen molar-refractivity contribution in [1.82, 2.24) is 19.9 Å². The smallest absolute Gasteiger partial charge is 0.330 e. The van der Waals surface area contributed by atoms with Gasteiger partial charge in [0.25, 0.3) is 0 Å². The fourth-order valence-corrected chi connectivity index (χ4v) is 6.54. The number of rotatable bonds is 9. The Balaban J connectivity index is 1.97. The molecular weight excluding hydrogens is 672 g/mol. The van der Waals surface area contributed by atoms with Crippen LogP contribution in [0.25, 0.3) is 28.1 Å². The van der Waals surface area contributed by atoms with E-state index in [2.05, 4.69) is 15.0 Å². The SMILES string of the molecule is COC(=O)/C=C/c1c(C)c2cc3nc(cc4nc(cc5[nH]c(cc1[nH]2)c(CCC(=O)OC)c5C)C(=O)[C@@]4(C)CC(=O)OC)C(=O)[C@]3(C)CC(=O)OC. The summed E-state index contributed by atoms with van der Waals surface area (Å²) in [6.45, 7) is 6.79. The van der Waals surface area contributed by atoms with Crippen molar-refractivity contribution in [3.05, 3.63) is 75.4 Å². The number of aromatic amines is 2. The molecule has 3 aromatic heterocycles. The molecule has 14 heteroatoms. The summed E-state index contributed by atoms with van der Waals surface area (Å²) in [5.41, 5.74) is 2.27. The molecule has 0 saturated heterocycles. The Morgan fingerprint density at radius 3 is 1.75 bits per heavy atom. The van der Waals surface area contributed by atoms with E-state index in [-0.39, 0.29) is 48.5 Å². The summed E-state index contributed by atoms with van der Waals surface area (Å²) in [6, 6.07) is 6.40. The minimum absolute atomic E-state index is 0.0130. The van der Waals surface area contributed by atoms with Crippen molar-refractivity contribution in [3.63, 3.8) is 0 Å². The number of hydrogen-bond donors (Lipinski definition) is 2. The third-order valence-corrected chi connectivity index (χ3v) is 9.87. The number of nitrogens with zero attached hydrogens (tertiary/aromatic N) is 2. The van der Waals surface area contributed by atoms with Crippen LogP contribution in [0, 0.1) is 13.8 Å². The lowest BCUT2D eigenvalue weighted by Crippen LogP contribution is -2.33. The highest BCUT2D eigenvalue weighted by Gasteiger charge is 2.48. The van der Waals surface area contributed by atoms with Gasteiger partial charge in [0.1, 0.15) is 11.4 Å². The fraction of sp³-hybridized carbons (Fsp3) is 0.368. The summed E-state index contributed by atoms with van der Waals surface area (Å²) >= 11 is 0. The molecule has 0 fully saturated rings. The number of aryl methyl sites for hydroxylation is 3. The number of Topliss-reactive ketones (excluding diaryl/α,β-unsaturated/α-hetero) is 2. The zero-order valence-corrected chi connectivity index (χ0v) is 30.3. The molecule has 0 aliphatic carbocycles. The molecule has 2 N–H and O–H groups in total. The number of H-pyrrole nitrogens is 2. The Morgan fingerprint density at radius 2 is 1.19 bits per heavy atom. The number of ether oxygens (including phenoxy) is 4. The summed E-state index contributed by atoms with van der Waals surface area (Å²) in [4.78, 5) is 94.2. The van der Waals surface area contributed by atoms with Gasteiger partial charge in [-0.1, -0.05) is 0 Å². The molecule has 3 aromatic rings. The minimum Gasteiger partial charge on any atom is -0.469 e. The maximum Gasteiger partial charge on any atom is 0.330 e. The Hall–Kier alpha value is -5.92. The summed E-state index contributed by atoms with van der Waals surface area (Å²) < 4.78 is 19.6. The first-order chi connectivity index (χ1) is 24.6. The molecule has 2 atom stereocenters. The van der Waals surface area contributed by atoms with E-state index in [4.69, 9.17) is 23.9 Å². The van der Waals surface area contributed by atoms with Crippen molar-refractivity contribution in [2.24, 2.45) is 0 Å². The van der Waals surface area contributed by atoms with Crippen molar-refractivity contribution in [2.45, 2.75) is 64.2 Å². The van der Waals surface area contributed by atoms with Gasteiger partial charge in [-0.05, 0) is 81.1 Å². The van der Waals surface area contributed by atoms with Gasteiger partial charge in [0.15, 0.2) is 11.6 Å². The number of carbonyl (C=O) groups is 6. The molecule has 8 bridgehead atoms. The highest BCUT2D eigenvalue weighted by Crippen LogP contribution is 2.39. The molecule has 2 aliphatic rings. The standard InChI is InChI=1S/C38H40N4O10/c1-19-21(9-11-31(43)49-5)25-14-26-22(10-12-32(44)50-6)20(2)24(40-26)15-29-37(3,17-33(45)51-7)36(48)28(42-29)16-30-38(4,18-34(46)52-8)35(47)27(41-30)13-23(19)39-25/h10,12-16,39-40H,9,11,17-18H2,1-8H3/b12-10+,23-13?,24-15?,25-14?,26-14?,27-13?,28-16?,29-15?,30-16?/t37-,38+/m1/s1. The first kappa shape index (κ1) is 37.3. The largest absolute Gasteiger partial charge is 0.469 e. The molecule has 5 heterocycles. The molecule has 2 aliphatic heterocycles. The number of fused-ring (bicyclic) bond motifs is 8. The summed E-state index contributed by atoms with van der Waals surface area (Å²) in [5, 5.41) is 0. The molecule has 0 aromatic carbocycles. The van der Waals surface area contributed by atoms with Crippen LogP contribution in [-0.2, 0) is 55.4 Å². The molecule has 14 nitrogen and oxygen atoms in total. The molecule has 0 spiro atoms. The fourth-order valence-electron chi connectivity index (χ4n) is 6.54. The van der Waals surface area contributed by atoms with Crippen molar-refractivity contribution >= 4 is 63.6 Å². The van der Waals surface area contributed by atoms with E-state index in [9.17, 15) is 28.8 Å². The van der Waals surface area contributed by atoms with Crippen molar-refractivity contribution in [2.75, 3.05) is 28.4 Å². The van der Waals surface area contributed by atoms with E-state index >= 15 is 0 Å². The molecule has 5 rings (SSSR count). The number of aromatic nitrogens is 4. The van der Waals surface area contributed by atoms with Crippen molar-refractivity contribution < 1.29 is 47.7 Å². The van der Waals surface area contributed by atoms with Gasteiger partial charge < -0.3 is 28.9 Å². The quantitative estimate of drug-likeness (QED) is 0.178. The monoisotopic (exact) mass is 712 g/mol. The van der Waals surface area contributed by atoms with Crippen molar-refractivity contribution in [3.8, 4) is 0 Å². The highest BCUT2D eigenvalue weighted by atomic mass is 16.5. The van der Waals surface area contributed by atoms with E-state index in [0.717, 1.165) is 11.1 Å². The normalized spacial score (nSPS) is 18.4. The Kier molecular flexibility index (Phi) is 10.3. The molecule has 0 unspecified atom stereocenters. The second-order valence-electron chi connectivity index (χ2n) is 13.1. The van der Waals surface area contributed by atoms with Gasteiger partial charge >= 0.3 is 23.9 Å².